The van der Waals surface area contributed by atoms with E-state index in [9.17, 15) is 13.6 Å². The Morgan fingerprint density at radius 3 is 2.80 bits per heavy atom. The summed E-state index contributed by atoms with van der Waals surface area (Å²) in [4.78, 5) is 11.4. The van der Waals surface area contributed by atoms with Crippen molar-refractivity contribution in [3.05, 3.63) is 28.2 Å². The van der Waals surface area contributed by atoms with Crippen molar-refractivity contribution in [2.45, 2.75) is 6.43 Å². The maximum Gasteiger partial charge on any atom is 0.255 e. The van der Waals surface area contributed by atoms with E-state index in [1.54, 1.807) is 12.1 Å². The molecule has 0 aromatic heterocycles. The van der Waals surface area contributed by atoms with Crippen LogP contribution in [0.2, 0.25) is 0 Å². The van der Waals surface area contributed by atoms with Gasteiger partial charge in [0.05, 0.1) is 16.6 Å². The quantitative estimate of drug-likeness (QED) is 0.832. The van der Waals surface area contributed by atoms with Crippen molar-refractivity contribution >= 4 is 27.5 Å². The number of amides is 1. The standard InChI is InChI=1S/C9H9BrF2N2O/c10-8-5(2-1-3-6(8)13)9(15)14-4-7(11)12/h1-3,7H,4,13H2,(H,14,15). The molecule has 0 aliphatic rings. The summed E-state index contributed by atoms with van der Waals surface area (Å²) in [7, 11) is 0. The fourth-order valence-corrected chi connectivity index (χ4v) is 1.43. The largest absolute Gasteiger partial charge is 0.398 e. The number of carbonyl (C=O) groups excluding carboxylic acids is 1. The highest BCUT2D eigenvalue weighted by atomic mass is 79.9. The lowest BCUT2D eigenvalue weighted by Crippen LogP contribution is -2.28. The lowest BCUT2D eigenvalue weighted by molar-refractivity contribution is 0.0891. The van der Waals surface area contributed by atoms with Crippen LogP contribution in [0.25, 0.3) is 0 Å². The third-order valence-electron chi connectivity index (χ3n) is 1.69. The number of anilines is 1. The topological polar surface area (TPSA) is 55.1 Å². The second-order valence-electron chi connectivity index (χ2n) is 2.81. The third-order valence-corrected chi connectivity index (χ3v) is 2.58. The minimum absolute atomic E-state index is 0.246. The molecule has 0 saturated carbocycles. The van der Waals surface area contributed by atoms with Crippen LogP contribution in [0.1, 0.15) is 10.4 Å². The Bertz CT molecular complexity index is 371. The lowest BCUT2D eigenvalue weighted by atomic mass is 10.2. The first-order chi connectivity index (χ1) is 7.02. The van der Waals surface area contributed by atoms with E-state index < -0.39 is 18.9 Å². The van der Waals surface area contributed by atoms with E-state index in [0.29, 0.717) is 10.2 Å². The SMILES string of the molecule is Nc1cccc(C(=O)NCC(F)F)c1Br. The van der Waals surface area contributed by atoms with Crippen molar-refractivity contribution in [1.29, 1.82) is 0 Å². The van der Waals surface area contributed by atoms with Gasteiger partial charge >= 0.3 is 0 Å². The number of hydrogen-bond acceptors (Lipinski definition) is 2. The molecule has 3 nitrogen and oxygen atoms in total. The van der Waals surface area contributed by atoms with Gasteiger partial charge in [0.25, 0.3) is 12.3 Å². The molecule has 1 aromatic carbocycles. The van der Waals surface area contributed by atoms with E-state index in [-0.39, 0.29) is 5.56 Å². The smallest absolute Gasteiger partial charge is 0.255 e. The van der Waals surface area contributed by atoms with Crippen molar-refractivity contribution in [2.75, 3.05) is 12.3 Å². The van der Waals surface area contributed by atoms with Crippen molar-refractivity contribution in [1.82, 2.24) is 5.32 Å². The van der Waals surface area contributed by atoms with Gasteiger partial charge in [-0.25, -0.2) is 8.78 Å². The highest BCUT2D eigenvalue weighted by Crippen LogP contribution is 2.23. The second-order valence-corrected chi connectivity index (χ2v) is 3.60. The number of carbonyl (C=O) groups is 1. The van der Waals surface area contributed by atoms with Gasteiger partial charge in [-0.3, -0.25) is 4.79 Å². The Kier molecular flexibility index (Phi) is 4.02. The molecule has 0 unspecified atom stereocenters. The summed E-state index contributed by atoms with van der Waals surface area (Å²) in [5.41, 5.74) is 6.17. The van der Waals surface area contributed by atoms with E-state index in [0.717, 1.165) is 0 Å². The molecule has 0 heterocycles. The van der Waals surface area contributed by atoms with Crippen LogP contribution >= 0.6 is 15.9 Å². The van der Waals surface area contributed by atoms with E-state index in [1.807, 2.05) is 0 Å². The van der Waals surface area contributed by atoms with Crippen LogP contribution in [0.5, 0.6) is 0 Å². The Labute approximate surface area is 93.8 Å². The molecule has 0 fully saturated rings. The van der Waals surface area contributed by atoms with Gasteiger partial charge in [0.1, 0.15) is 0 Å². The highest BCUT2D eigenvalue weighted by molar-refractivity contribution is 9.10. The van der Waals surface area contributed by atoms with Crippen LogP contribution in [0.4, 0.5) is 14.5 Å². The number of alkyl halides is 2. The van der Waals surface area contributed by atoms with Gasteiger partial charge < -0.3 is 11.1 Å². The van der Waals surface area contributed by atoms with Crippen LogP contribution in [-0.2, 0) is 0 Å². The minimum atomic E-state index is -2.56. The molecular formula is C9H9BrF2N2O. The molecule has 0 bridgehead atoms. The first kappa shape index (κ1) is 11.9. The van der Waals surface area contributed by atoms with Gasteiger partial charge in [0.15, 0.2) is 0 Å². The zero-order valence-electron chi connectivity index (χ0n) is 7.64. The van der Waals surface area contributed by atoms with Crippen molar-refractivity contribution in [3.8, 4) is 0 Å². The zero-order valence-corrected chi connectivity index (χ0v) is 9.22. The molecule has 0 spiro atoms. The predicted molar refractivity (Wildman–Crippen MR) is 56.9 cm³/mol. The van der Waals surface area contributed by atoms with E-state index in [4.69, 9.17) is 5.73 Å². The first-order valence-corrected chi connectivity index (χ1v) is 4.92. The summed E-state index contributed by atoms with van der Waals surface area (Å²) in [6, 6.07) is 4.69. The van der Waals surface area contributed by atoms with E-state index >= 15 is 0 Å². The van der Waals surface area contributed by atoms with Gasteiger partial charge in [0.2, 0.25) is 0 Å². The van der Waals surface area contributed by atoms with Gasteiger partial charge in [-0.1, -0.05) is 6.07 Å². The molecule has 15 heavy (non-hydrogen) atoms. The van der Waals surface area contributed by atoms with Crippen molar-refractivity contribution < 1.29 is 13.6 Å². The summed E-state index contributed by atoms with van der Waals surface area (Å²) < 4.78 is 24.1. The van der Waals surface area contributed by atoms with Gasteiger partial charge in [-0.15, -0.1) is 0 Å². The average Bonchev–Trinajstić information content (AvgIpc) is 2.18. The van der Waals surface area contributed by atoms with Crippen LogP contribution in [0.3, 0.4) is 0 Å². The molecule has 0 aliphatic heterocycles. The van der Waals surface area contributed by atoms with Gasteiger partial charge in [0, 0.05) is 5.69 Å². The molecule has 0 atom stereocenters. The number of rotatable bonds is 3. The van der Waals surface area contributed by atoms with Crippen LogP contribution in [0.15, 0.2) is 22.7 Å². The summed E-state index contributed by atoms with van der Waals surface area (Å²) in [6.07, 6.45) is -2.56. The Morgan fingerprint density at radius 1 is 1.53 bits per heavy atom. The summed E-state index contributed by atoms with van der Waals surface area (Å²) in [5.74, 6) is -0.575. The van der Waals surface area contributed by atoms with Crippen LogP contribution in [-0.4, -0.2) is 18.9 Å². The fraction of sp³-hybridized carbons (Fsp3) is 0.222. The monoisotopic (exact) mass is 278 g/mol. The molecule has 6 heteroatoms. The molecule has 0 aliphatic carbocycles. The summed E-state index contributed by atoms with van der Waals surface area (Å²) >= 11 is 3.11. The predicted octanol–water partition coefficient (Wildman–Crippen LogP) is 2.03. The minimum Gasteiger partial charge on any atom is -0.398 e. The molecule has 0 saturated heterocycles. The van der Waals surface area contributed by atoms with Crippen LogP contribution < -0.4 is 11.1 Å². The number of halogens is 3. The number of benzene rings is 1. The highest BCUT2D eigenvalue weighted by Gasteiger charge is 2.12. The molecular weight excluding hydrogens is 270 g/mol. The number of nitrogen functional groups attached to an aromatic ring is 1. The number of nitrogens with two attached hydrogens (primary N) is 1. The van der Waals surface area contributed by atoms with Crippen LogP contribution in [0, 0.1) is 0 Å². The van der Waals surface area contributed by atoms with Crippen molar-refractivity contribution in [3.63, 3.8) is 0 Å². The third kappa shape index (κ3) is 3.16. The lowest BCUT2D eigenvalue weighted by Gasteiger charge is -2.07. The van der Waals surface area contributed by atoms with Gasteiger partial charge in [-0.2, -0.15) is 0 Å². The second kappa shape index (κ2) is 5.06. The van der Waals surface area contributed by atoms with E-state index in [2.05, 4.69) is 21.2 Å². The fourth-order valence-electron chi connectivity index (χ4n) is 0.990. The van der Waals surface area contributed by atoms with E-state index in [1.165, 1.54) is 6.07 Å². The Morgan fingerprint density at radius 2 is 2.20 bits per heavy atom. The molecule has 0 radical (unpaired) electrons. The zero-order chi connectivity index (χ0) is 11.4. The Hall–Kier alpha value is -1.17. The molecule has 82 valence electrons. The maximum atomic E-state index is 11.8. The number of hydrogen-bond donors (Lipinski definition) is 2. The van der Waals surface area contributed by atoms with Gasteiger partial charge in [-0.05, 0) is 28.1 Å². The molecule has 1 rings (SSSR count). The normalized spacial score (nSPS) is 10.4. The Balaban J connectivity index is 2.78. The molecule has 3 N–H and O–H groups in total. The summed E-state index contributed by atoms with van der Waals surface area (Å²) in [6.45, 7) is -0.667. The average molecular weight is 279 g/mol. The van der Waals surface area contributed by atoms with Crippen molar-refractivity contribution in [2.24, 2.45) is 0 Å². The summed E-state index contributed by atoms with van der Waals surface area (Å²) in [5, 5.41) is 2.09. The number of nitrogens with one attached hydrogen (secondary N) is 1. The molecule has 1 aromatic rings. The molecule has 1 amide bonds. The first-order valence-electron chi connectivity index (χ1n) is 4.12. The maximum absolute atomic E-state index is 11.8.